The zero-order chi connectivity index (χ0) is 21.8. The second-order valence-electron chi connectivity index (χ2n) is 6.80. The van der Waals surface area contributed by atoms with Gasteiger partial charge in [0.25, 0.3) is 5.91 Å². The molecule has 0 unspecified atom stereocenters. The van der Waals surface area contributed by atoms with Crippen LogP contribution in [-0.4, -0.2) is 20.9 Å². The normalized spacial score (nSPS) is 11.4. The van der Waals surface area contributed by atoms with E-state index in [0.717, 1.165) is 33.5 Å². The van der Waals surface area contributed by atoms with Gasteiger partial charge in [-0.1, -0.05) is 30.3 Å². The molecule has 0 saturated carbocycles. The number of halogens is 1. The molecule has 0 aliphatic heterocycles. The first-order valence-corrected chi connectivity index (χ1v) is 10.5. The van der Waals surface area contributed by atoms with Crippen LogP contribution in [0, 0.1) is 12.7 Å². The first kappa shape index (κ1) is 20.6. The Bertz CT molecular complexity index is 1230. The second-order valence-corrected chi connectivity index (χ2v) is 7.69. The first-order valence-electron chi connectivity index (χ1n) is 9.61. The van der Waals surface area contributed by atoms with Crippen LogP contribution in [0.2, 0.25) is 0 Å². The zero-order valence-corrected chi connectivity index (χ0v) is 17.8. The molecule has 0 atom stereocenters. The van der Waals surface area contributed by atoms with Gasteiger partial charge in [0.15, 0.2) is 0 Å². The van der Waals surface area contributed by atoms with Crippen LogP contribution in [0.1, 0.15) is 34.0 Å². The van der Waals surface area contributed by atoms with E-state index in [0.29, 0.717) is 5.82 Å². The van der Waals surface area contributed by atoms with Crippen molar-refractivity contribution in [1.82, 2.24) is 15.0 Å². The van der Waals surface area contributed by atoms with Crippen molar-refractivity contribution in [1.29, 1.82) is 0 Å². The molecule has 3 heterocycles. The van der Waals surface area contributed by atoms with Crippen LogP contribution in [0.5, 0.6) is 0 Å². The molecule has 5 nitrogen and oxygen atoms in total. The number of nitrogens with zero attached hydrogens (tertiary/aromatic N) is 3. The minimum atomic E-state index is -0.519. The van der Waals surface area contributed by atoms with E-state index in [1.165, 1.54) is 6.20 Å². The lowest BCUT2D eigenvalue weighted by atomic mass is 9.98. The van der Waals surface area contributed by atoms with Gasteiger partial charge >= 0.3 is 0 Å². The molecule has 1 aromatic carbocycles. The third-order valence-corrected chi connectivity index (χ3v) is 5.70. The molecule has 0 aliphatic rings. The Morgan fingerprint density at radius 3 is 2.45 bits per heavy atom. The third kappa shape index (κ3) is 4.41. The Kier molecular flexibility index (Phi) is 5.95. The number of amides is 1. The molecule has 0 spiro atoms. The number of hydrogen-bond donors (Lipinski definition) is 1. The number of pyridine rings is 2. The lowest BCUT2D eigenvalue weighted by Gasteiger charge is -2.10. The van der Waals surface area contributed by atoms with E-state index in [9.17, 15) is 9.18 Å². The van der Waals surface area contributed by atoms with E-state index in [1.807, 2.05) is 24.4 Å². The minimum Gasteiger partial charge on any atom is -0.307 e. The van der Waals surface area contributed by atoms with Gasteiger partial charge in [-0.2, -0.15) is 0 Å². The average Bonchev–Trinajstić information content (AvgIpc) is 3.33. The third-order valence-electron chi connectivity index (χ3n) is 4.88. The number of carbonyl (C=O) groups excluding carboxylic acids is 1. The highest BCUT2D eigenvalue weighted by molar-refractivity contribution is 7.13. The molecule has 0 fully saturated rings. The number of aromatic nitrogens is 3. The second kappa shape index (κ2) is 8.97. The van der Waals surface area contributed by atoms with Gasteiger partial charge in [-0.25, -0.2) is 14.4 Å². The molecule has 1 amide bonds. The molecule has 0 bridgehead atoms. The van der Waals surface area contributed by atoms with Gasteiger partial charge in [0.1, 0.15) is 16.6 Å². The van der Waals surface area contributed by atoms with E-state index < -0.39 is 11.7 Å². The first-order chi connectivity index (χ1) is 15.1. The van der Waals surface area contributed by atoms with E-state index >= 15 is 0 Å². The van der Waals surface area contributed by atoms with E-state index in [2.05, 4.69) is 44.5 Å². The fourth-order valence-corrected chi connectivity index (χ4v) is 3.84. The molecular formula is C24H19FN4OS. The summed E-state index contributed by atoms with van der Waals surface area (Å²) in [7, 11) is 0. The van der Waals surface area contributed by atoms with E-state index in [4.69, 9.17) is 0 Å². The maximum absolute atomic E-state index is 13.7. The lowest BCUT2D eigenvalue weighted by Crippen LogP contribution is -2.15. The van der Waals surface area contributed by atoms with Crippen molar-refractivity contribution in [3.63, 3.8) is 0 Å². The summed E-state index contributed by atoms with van der Waals surface area (Å²) in [6.07, 6.45) is 7.95. The predicted molar refractivity (Wildman–Crippen MR) is 121 cm³/mol. The number of anilines is 1. The quantitative estimate of drug-likeness (QED) is 0.438. The maximum atomic E-state index is 13.7. The fourth-order valence-electron chi connectivity index (χ4n) is 3.20. The van der Waals surface area contributed by atoms with Gasteiger partial charge in [-0.3, -0.25) is 9.78 Å². The summed E-state index contributed by atoms with van der Waals surface area (Å²) in [4.78, 5) is 24.9. The number of benzene rings is 1. The Morgan fingerprint density at radius 2 is 1.81 bits per heavy atom. The van der Waals surface area contributed by atoms with Crippen molar-refractivity contribution in [3.8, 4) is 10.6 Å². The molecule has 154 valence electrons. The van der Waals surface area contributed by atoms with Gasteiger partial charge < -0.3 is 5.32 Å². The zero-order valence-electron chi connectivity index (χ0n) is 17.0. The van der Waals surface area contributed by atoms with Crippen molar-refractivity contribution >= 4 is 28.6 Å². The Balaban J connectivity index is 1.51. The van der Waals surface area contributed by atoms with Gasteiger partial charge in [0.2, 0.25) is 0 Å². The number of carbonyl (C=O) groups is 1. The SMILES string of the molecule is CC=C(c1ccc(-c2nccs2)cc1)c1ccc(NC(=O)c2cncc(F)c2C)nc1. The maximum Gasteiger partial charge on any atom is 0.258 e. The minimum absolute atomic E-state index is 0.181. The molecule has 3 aromatic heterocycles. The van der Waals surface area contributed by atoms with Crippen molar-refractivity contribution in [2.45, 2.75) is 13.8 Å². The monoisotopic (exact) mass is 430 g/mol. The van der Waals surface area contributed by atoms with Crippen LogP contribution in [0.4, 0.5) is 10.2 Å². The standard InChI is InChI=1S/C24H19FN4OS/c1-3-19(16-4-6-17(7-5-16)24-27-10-11-31-24)18-8-9-22(28-12-18)29-23(30)20-13-26-14-21(25)15(20)2/h3-14H,1-2H3,(H,28,29,30). The summed E-state index contributed by atoms with van der Waals surface area (Å²) >= 11 is 1.60. The van der Waals surface area contributed by atoms with Gasteiger partial charge in [0, 0.05) is 40.7 Å². The van der Waals surface area contributed by atoms with Gasteiger partial charge in [0.05, 0.1) is 11.8 Å². The number of hydrogen-bond acceptors (Lipinski definition) is 5. The van der Waals surface area contributed by atoms with Crippen molar-refractivity contribution in [3.05, 3.63) is 101 Å². The summed E-state index contributed by atoms with van der Waals surface area (Å²) in [6, 6.07) is 11.8. The summed E-state index contributed by atoms with van der Waals surface area (Å²) < 4.78 is 13.7. The van der Waals surface area contributed by atoms with Crippen molar-refractivity contribution < 1.29 is 9.18 Å². The molecule has 31 heavy (non-hydrogen) atoms. The van der Waals surface area contributed by atoms with Crippen molar-refractivity contribution in [2.75, 3.05) is 5.32 Å². The van der Waals surface area contributed by atoms with Crippen LogP contribution in [0.25, 0.3) is 16.1 Å². The lowest BCUT2D eigenvalue weighted by molar-refractivity contribution is 0.102. The highest BCUT2D eigenvalue weighted by Gasteiger charge is 2.14. The predicted octanol–water partition coefficient (Wildman–Crippen LogP) is 5.75. The van der Waals surface area contributed by atoms with E-state index in [-0.39, 0.29) is 11.1 Å². The summed E-state index contributed by atoms with van der Waals surface area (Å²) in [5.41, 5.74) is 4.52. The number of allylic oxidation sites excluding steroid dienone is 1. The van der Waals surface area contributed by atoms with Crippen LogP contribution in [0.15, 0.2) is 72.6 Å². The summed E-state index contributed by atoms with van der Waals surface area (Å²) in [5, 5.41) is 5.63. The average molecular weight is 431 g/mol. The Hall–Kier alpha value is -3.71. The summed E-state index contributed by atoms with van der Waals surface area (Å²) in [6.45, 7) is 3.51. The molecule has 4 aromatic rings. The smallest absolute Gasteiger partial charge is 0.258 e. The van der Waals surface area contributed by atoms with Crippen molar-refractivity contribution in [2.24, 2.45) is 0 Å². The Labute approximate surface area is 183 Å². The highest BCUT2D eigenvalue weighted by atomic mass is 32.1. The Morgan fingerprint density at radius 1 is 1.03 bits per heavy atom. The molecular weight excluding hydrogens is 411 g/mol. The largest absolute Gasteiger partial charge is 0.307 e. The van der Waals surface area contributed by atoms with Crippen LogP contribution < -0.4 is 5.32 Å². The van der Waals surface area contributed by atoms with Crippen LogP contribution >= 0.6 is 11.3 Å². The topological polar surface area (TPSA) is 67.8 Å². The fraction of sp³-hybridized carbons (Fsp3) is 0.0833. The highest BCUT2D eigenvalue weighted by Crippen LogP contribution is 2.27. The summed E-state index contributed by atoms with van der Waals surface area (Å²) in [5.74, 6) is -0.588. The number of thiazole rings is 1. The number of nitrogens with one attached hydrogen (secondary N) is 1. The van der Waals surface area contributed by atoms with Crippen LogP contribution in [0.3, 0.4) is 0 Å². The molecule has 1 N–H and O–H groups in total. The van der Waals surface area contributed by atoms with Crippen LogP contribution in [-0.2, 0) is 0 Å². The van der Waals surface area contributed by atoms with Gasteiger partial charge in [-0.05, 0) is 37.1 Å². The molecule has 4 rings (SSSR count). The molecule has 0 radical (unpaired) electrons. The molecule has 7 heteroatoms. The molecule has 0 saturated heterocycles. The van der Waals surface area contributed by atoms with Gasteiger partial charge in [-0.15, -0.1) is 11.3 Å². The molecule has 0 aliphatic carbocycles. The van der Waals surface area contributed by atoms with E-state index in [1.54, 1.807) is 36.7 Å². The number of rotatable bonds is 5.